The fourth-order valence-corrected chi connectivity index (χ4v) is 1.93. The zero-order valence-electron chi connectivity index (χ0n) is 9.48. The van der Waals surface area contributed by atoms with Crippen molar-refractivity contribution in [2.75, 3.05) is 12.4 Å². The summed E-state index contributed by atoms with van der Waals surface area (Å²) >= 11 is 5.90. The third kappa shape index (κ3) is 1.67. The molecule has 90 valence electrons. The normalized spacial score (nSPS) is 10.8. The first-order valence-corrected chi connectivity index (χ1v) is 5.67. The van der Waals surface area contributed by atoms with Gasteiger partial charge in [-0.05, 0) is 23.7 Å². The van der Waals surface area contributed by atoms with E-state index < -0.39 is 0 Å². The van der Waals surface area contributed by atoms with Gasteiger partial charge in [-0.1, -0.05) is 0 Å². The number of H-pyrrole nitrogens is 1. The number of hydrogen-bond acceptors (Lipinski definition) is 5. The summed E-state index contributed by atoms with van der Waals surface area (Å²) in [6.45, 7) is 0. The number of pyridine rings is 1. The minimum atomic E-state index is 0.179. The van der Waals surface area contributed by atoms with Gasteiger partial charge in [-0.15, -0.1) is 0 Å². The van der Waals surface area contributed by atoms with Crippen molar-refractivity contribution in [3.8, 4) is 11.3 Å². The van der Waals surface area contributed by atoms with Crippen molar-refractivity contribution in [3.05, 3.63) is 29.8 Å². The molecule has 2 N–H and O–H groups in total. The molecule has 7 heteroatoms. The number of aromatic amines is 1. The van der Waals surface area contributed by atoms with E-state index in [9.17, 15) is 0 Å². The maximum Gasteiger partial charge on any atom is 0.225 e. The topological polar surface area (TPSA) is 79.4 Å². The van der Waals surface area contributed by atoms with Gasteiger partial charge in [0.25, 0.3) is 0 Å². The van der Waals surface area contributed by atoms with Crippen LogP contribution in [0.1, 0.15) is 0 Å². The van der Waals surface area contributed by atoms with E-state index >= 15 is 0 Å². The molecule has 0 atom stereocenters. The van der Waals surface area contributed by atoms with Crippen molar-refractivity contribution in [1.82, 2.24) is 25.1 Å². The molecule has 0 amide bonds. The monoisotopic (exact) mass is 260 g/mol. The highest BCUT2D eigenvalue weighted by atomic mass is 35.5. The van der Waals surface area contributed by atoms with Crippen molar-refractivity contribution in [2.24, 2.45) is 0 Å². The number of rotatable bonds is 2. The lowest BCUT2D eigenvalue weighted by molar-refractivity contribution is 1.11. The van der Waals surface area contributed by atoms with Gasteiger partial charge in [0.05, 0.1) is 0 Å². The standard InChI is InChI=1S/C11H9ClN6/c1-13-10-9-8(15-11(12)16-10)7(17-18-9)6-3-2-4-14-5-6/h2-5H,1H3,(H,17,18)(H,13,15,16). The van der Waals surface area contributed by atoms with Crippen molar-refractivity contribution >= 4 is 28.5 Å². The van der Waals surface area contributed by atoms with E-state index in [1.165, 1.54) is 0 Å². The summed E-state index contributed by atoms with van der Waals surface area (Å²) in [6.07, 6.45) is 3.43. The highest BCUT2D eigenvalue weighted by molar-refractivity contribution is 6.29. The number of nitrogens with one attached hydrogen (secondary N) is 2. The quantitative estimate of drug-likeness (QED) is 0.690. The molecule has 0 saturated carbocycles. The van der Waals surface area contributed by atoms with Crippen LogP contribution < -0.4 is 5.32 Å². The van der Waals surface area contributed by atoms with Crippen LogP contribution in [0, 0.1) is 0 Å². The van der Waals surface area contributed by atoms with E-state index in [1.807, 2.05) is 12.1 Å². The van der Waals surface area contributed by atoms with Gasteiger partial charge >= 0.3 is 0 Å². The molecule has 3 aromatic heterocycles. The molecular weight excluding hydrogens is 252 g/mol. The summed E-state index contributed by atoms with van der Waals surface area (Å²) in [5.41, 5.74) is 2.98. The SMILES string of the molecule is CNc1nc(Cl)nc2c(-c3cccnc3)n[nH]c12. The lowest BCUT2D eigenvalue weighted by Gasteiger charge is -2.01. The van der Waals surface area contributed by atoms with Crippen molar-refractivity contribution in [1.29, 1.82) is 0 Å². The molecule has 0 aromatic carbocycles. The average Bonchev–Trinajstić information content (AvgIpc) is 2.82. The van der Waals surface area contributed by atoms with Gasteiger partial charge in [0.2, 0.25) is 5.28 Å². The van der Waals surface area contributed by atoms with Crippen molar-refractivity contribution in [2.45, 2.75) is 0 Å². The largest absolute Gasteiger partial charge is 0.371 e. The Morgan fingerprint density at radius 3 is 2.94 bits per heavy atom. The van der Waals surface area contributed by atoms with Gasteiger partial charge < -0.3 is 5.32 Å². The Bertz CT molecular complexity index is 693. The molecule has 0 bridgehead atoms. The third-order valence-electron chi connectivity index (χ3n) is 2.56. The number of halogens is 1. The molecule has 18 heavy (non-hydrogen) atoms. The van der Waals surface area contributed by atoms with E-state index in [0.717, 1.165) is 11.1 Å². The molecular formula is C11H9ClN6. The molecule has 3 rings (SSSR count). The Kier molecular flexibility index (Phi) is 2.56. The van der Waals surface area contributed by atoms with Crippen LogP contribution in [-0.4, -0.2) is 32.2 Å². The van der Waals surface area contributed by atoms with Gasteiger partial charge in [-0.25, -0.2) is 4.98 Å². The Morgan fingerprint density at radius 2 is 2.22 bits per heavy atom. The van der Waals surface area contributed by atoms with Crippen LogP contribution in [0.25, 0.3) is 22.3 Å². The summed E-state index contributed by atoms with van der Waals surface area (Å²) in [5.74, 6) is 0.618. The molecule has 0 aliphatic carbocycles. The highest BCUT2D eigenvalue weighted by Gasteiger charge is 2.14. The van der Waals surface area contributed by atoms with Crippen molar-refractivity contribution < 1.29 is 0 Å². The number of anilines is 1. The van der Waals surface area contributed by atoms with Crippen LogP contribution in [-0.2, 0) is 0 Å². The highest BCUT2D eigenvalue weighted by Crippen LogP contribution is 2.28. The smallest absolute Gasteiger partial charge is 0.225 e. The van der Waals surface area contributed by atoms with Crippen molar-refractivity contribution in [3.63, 3.8) is 0 Å². The maximum atomic E-state index is 5.90. The first-order valence-electron chi connectivity index (χ1n) is 5.29. The second kappa shape index (κ2) is 4.23. The van der Waals surface area contributed by atoms with E-state index in [2.05, 4.69) is 30.5 Å². The minimum Gasteiger partial charge on any atom is -0.371 e. The van der Waals surface area contributed by atoms with Gasteiger partial charge in [0.15, 0.2) is 5.82 Å². The fourth-order valence-electron chi connectivity index (χ4n) is 1.76. The lowest BCUT2D eigenvalue weighted by Crippen LogP contribution is -1.95. The zero-order chi connectivity index (χ0) is 12.5. The van der Waals surface area contributed by atoms with Gasteiger partial charge in [-0.2, -0.15) is 10.1 Å². The van der Waals surface area contributed by atoms with E-state index in [0.29, 0.717) is 17.0 Å². The van der Waals surface area contributed by atoms with Crippen LogP contribution in [0.15, 0.2) is 24.5 Å². The van der Waals surface area contributed by atoms with Gasteiger partial charge in [0, 0.05) is 25.0 Å². The van der Waals surface area contributed by atoms with Crippen LogP contribution in [0.2, 0.25) is 5.28 Å². The first-order chi connectivity index (χ1) is 8.79. The number of nitrogens with zero attached hydrogens (tertiary/aromatic N) is 4. The molecule has 6 nitrogen and oxygen atoms in total. The van der Waals surface area contributed by atoms with E-state index in [4.69, 9.17) is 11.6 Å². The molecule has 0 saturated heterocycles. The van der Waals surface area contributed by atoms with Gasteiger partial charge in [0.1, 0.15) is 16.7 Å². The molecule has 0 unspecified atom stereocenters. The number of hydrogen-bond donors (Lipinski definition) is 2. The summed E-state index contributed by atoms with van der Waals surface area (Å²) in [5, 5.41) is 10.3. The van der Waals surface area contributed by atoms with E-state index in [1.54, 1.807) is 19.4 Å². The predicted molar refractivity (Wildman–Crippen MR) is 69.5 cm³/mol. The first kappa shape index (κ1) is 10.9. The Labute approximate surface area is 107 Å². The molecule has 0 fully saturated rings. The molecule has 0 spiro atoms. The third-order valence-corrected chi connectivity index (χ3v) is 2.73. The number of aromatic nitrogens is 5. The average molecular weight is 261 g/mol. The molecule has 0 radical (unpaired) electrons. The minimum absolute atomic E-state index is 0.179. The van der Waals surface area contributed by atoms with Crippen LogP contribution in [0.5, 0.6) is 0 Å². The second-order valence-corrected chi connectivity index (χ2v) is 3.97. The lowest BCUT2D eigenvalue weighted by atomic mass is 10.2. The maximum absolute atomic E-state index is 5.90. The zero-order valence-corrected chi connectivity index (χ0v) is 10.2. The molecule has 0 aliphatic rings. The van der Waals surface area contributed by atoms with Crippen LogP contribution in [0.3, 0.4) is 0 Å². The summed E-state index contributed by atoms with van der Waals surface area (Å²) in [7, 11) is 1.77. The Morgan fingerprint density at radius 1 is 1.33 bits per heavy atom. The molecule has 3 heterocycles. The number of fused-ring (bicyclic) bond motifs is 1. The van der Waals surface area contributed by atoms with E-state index in [-0.39, 0.29) is 5.28 Å². The van der Waals surface area contributed by atoms with Crippen LogP contribution >= 0.6 is 11.6 Å². The summed E-state index contributed by atoms with van der Waals surface area (Å²) < 4.78 is 0. The predicted octanol–water partition coefficient (Wildman–Crippen LogP) is 2.11. The fraction of sp³-hybridized carbons (Fsp3) is 0.0909. The molecule has 3 aromatic rings. The Hall–Kier alpha value is -2.21. The summed E-state index contributed by atoms with van der Waals surface area (Å²) in [4.78, 5) is 12.4. The molecule has 0 aliphatic heterocycles. The van der Waals surface area contributed by atoms with Crippen LogP contribution in [0.4, 0.5) is 5.82 Å². The summed E-state index contributed by atoms with van der Waals surface area (Å²) in [6, 6.07) is 3.76. The van der Waals surface area contributed by atoms with Gasteiger partial charge in [-0.3, -0.25) is 10.1 Å². The second-order valence-electron chi connectivity index (χ2n) is 3.63. The Balaban J connectivity index is 2.30.